The molecular formula is C23H35N7O5S. The molecule has 13 heteroatoms. The van der Waals surface area contributed by atoms with Crippen LogP contribution in [-0.2, 0) is 19.2 Å². The van der Waals surface area contributed by atoms with Gasteiger partial charge < -0.3 is 36.6 Å². The van der Waals surface area contributed by atoms with Gasteiger partial charge in [0.25, 0.3) is 0 Å². The number of aliphatic imine (C=N–C) groups is 1. The lowest BCUT2D eigenvalue weighted by Gasteiger charge is -2.47. The summed E-state index contributed by atoms with van der Waals surface area (Å²) in [5, 5.41) is 18.9. The second-order valence-corrected chi connectivity index (χ2v) is 11.2. The van der Waals surface area contributed by atoms with Crippen molar-refractivity contribution in [3.8, 4) is 0 Å². The van der Waals surface area contributed by atoms with Gasteiger partial charge in [-0.3, -0.25) is 19.4 Å². The van der Waals surface area contributed by atoms with E-state index in [0.717, 1.165) is 6.42 Å². The van der Waals surface area contributed by atoms with Crippen LogP contribution >= 0.6 is 11.8 Å². The molecule has 0 spiro atoms. The van der Waals surface area contributed by atoms with E-state index >= 15 is 0 Å². The number of nitrogens with zero attached hydrogens (tertiary/aromatic N) is 3. The van der Waals surface area contributed by atoms with Crippen molar-refractivity contribution in [3.05, 3.63) is 10.6 Å². The highest BCUT2D eigenvalue weighted by Crippen LogP contribution is 2.51. The van der Waals surface area contributed by atoms with Crippen LogP contribution in [0.2, 0.25) is 0 Å². The van der Waals surface area contributed by atoms with E-state index in [0.29, 0.717) is 31.0 Å². The van der Waals surface area contributed by atoms with E-state index in [9.17, 15) is 24.3 Å². The van der Waals surface area contributed by atoms with Gasteiger partial charge in [0, 0.05) is 41.7 Å². The number of nitrogens with two attached hydrogens (primary N) is 1. The van der Waals surface area contributed by atoms with Crippen molar-refractivity contribution >= 4 is 41.8 Å². The first-order chi connectivity index (χ1) is 17.2. The lowest BCUT2D eigenvalue weighted by atomic mass is 9.78. The molecule has 0 aliphatic carbocycles. The van der Waals surface area contributed by atoms with Crippen LogP contribution in [0.4, 0.5) is 0 Å². The molecule has 7 atom stereocenters. The number of carboxylic acid groups (broad SMARTS) is 1. The van der Waals surface area contributed by atoms with Gasteiger partial charge in [-0.2, -0.15) is 0 Å². The average molecular weight is 522 g/mol. The third-order valence-electron chi connectivity index (χ3n) is 7.51. The first-order valence-corrected chi connectivity index (χ1v) is 13.2. The Morgan fingerprint density at radius 3 is 2.81 bits per heavy atom. The summed E-state index contributed by atoms with van der Waals surface area (Å²) < 4.78 is 0. The van der Waals surface area contributed by atoms with Crippen LogP contribution in [0.5, 0.6) is 0 Å². The van der Waals surface area contributed by atoms with Crippen molar-refractivity contribution < 1.29 is 24.3 Å². The molecule has 4 aliphatic heterocycles. The number of hydrogen-bond acceptors (Lipinski definition) is 8. The number of rotatable bonds is 9. The predicted octanol–water partition coefficient (Wildman–Crippen LogP) is -1.46. The summed E-state index contributed by atoms with van der Waals surface area (Å²) in [6, 6.07) is -1.02. The Morgan fingerprint density at radius 1 is 1.39 bits per heavy atom. The molecule has 0 bridgehead atoms. The number of carbonyl (C=O) groups excluding carboxylic acids is 3. The highest BCUT2D eigenvalue weighted by atomic mass is 32.2. The number of likely N-dealkylation sites (tertiary alicyclic amines) is 1. The summed E-state index contributed by atoms with van der Waals surface area (Å²) >= 11 is 1.45. The molecule has 198 valence electrons. The van der Waals surface area contributed by atoms with E-state index in [1.54, 1.807) is 14.0 Å². The molecule has 1 unspecified atom stereocenters. The molecule has 4 aliphatic rings. The first-order valence-electron chi connectivity index (χ1n) is 12.3. The van der Waals surface area contributed by atoms with Gasteiger partial charge in [0.05, 0.1) is 36.9 Å². The number of β-lactam (4-membered cyclic amide) rings is 1. The Bertz CT molecular complexity index is 988. The van der Waals surface area contributed by atoms with Crippen LogP contribution in [0, 0.1) is 11.8 Å². The lowest BCUT2D eigenvalue weighted by molar-refractivity contribution is -0.158. The molecule has 0 saturated carbocycles. The number of likely N-dealkylation sites (N-methyl/N-ethyl adjacent to an activating group) is 1. The molecular weight excluding hydrogens is 486 g/mol. The highest BCUT2D eigenvalue weighted by molar-refractivity contribution is 8.03. The van der Waals surface area contributed by atoms with Gasteiger partial charge in [-0.1, -0.05) is 6.92 Å². The van der Waals surface area contributed by atoms with Crippen molar-refractivity contribution in [1.29, 1.82) is 0 Å². The summed E-state index contributed by atoms with van der Waals surface area (Å²) in [6.07, 6.45) is 2.65. The molecule has 3 saturated heterocycles. The Kier molecular flexibility index (Phi) is 7.90. The maximum absolute atomic E-state index is 13.0. The molecule has 36 heavy (non-hydrogen) atoms. The Balaban J connectivity index is 1.41. The lowest BCUT2D eigenvalue weighted by Crippen LogP contribution is -2.66. The predicted molar refractivity (Wildman–Crippen MR) is 135 cm³/mol. The Morgan fingerprint density at radius 2 is 2.14 bits per heavy atom. The third-order valence-corrected chi connectivity index (χ3v) is 9.02. The number of carboxylic acids is 1. The van der Waals surface area contributed by atoms with Crippen LogP contribution < -0.4 is 21.7 Å². The summed E-state index contributed by atoms with van der Waals surface area (Å²) in [6.45, 7) is 5.63. The SMILES string of the molecule is CNCC(=O)NC(C)[C@H]1C(=O)N2C(C(=O)O)=C(S[C@@H]3CN[C@H](C(=O)N4CC[C@H](N=CN)C4)C3)[C@H](C)[C@H]12. The number of fused-ring (bicyclic) bond motifs is 1. The van der Waals surface area contributed by atoms with Crippen molar-refractivity contribution in [2.45, 2.75) is 56.1 Å². The van der Waals surface area contributed by atoms with Crippen molar-refractivity contribution in [2.75, 3.05) is 33.2 Å². The molecule has 4 rings (SSSR count). The number of thioether (sulfide) groups is 1. The number of carbonyl (C=O) groups is 4. The van der Waals surface area contributed by atoms with Crippen molar-refractivity contribution in [1.82, 2.24) is 25.8 Å². The molecule has 0 aromatic carbocycles. The van der Waals surface area contributed by atoms with E-state index in [2.05, 4.69) is 20.9 Å². The molecule has 4 heterocycles. The average Bonchev–Trinajstić information content (AvgIpc) is 3.53. The standard InChI is InChI=1S/C23H35N7O5S/c1-11-18-17(12(2)28-16(31)8-25-3)22(33)30(18)19(23(34)35)20(11)36-14-6-15(26-7-14)21(32)29-5-4-13(9-29)27-10-24/h10-15,17-18,25-26H,4-9H2,1-3H3,(H2,24,27)(H,28,31)(H,34,35)/t11-,12?,13+,14+,15+,17-,18-/m1/s1. The van der Waals surface area contributed by atoms with Gasteiger partial charge in [0.15, 0.2) is 0 Å². The number of amides is 3. The molecule has 12 nitrogen and oxygen atoms in total. The topological polar surface area (TPSA) is 169 Å². The second kappa shape index (κ2) is 10.8. The van der Waals surface area contributed by atoms with Crippen LogP contribution in [0.25, 0.3) is 0 Å². The molecule has 3 amide bonds. The van der Waals surface area contributed by atoms with Crippen LogP contribution in [0.15, 0.2) is 15.6 Å². The van der Waals surface area contributed by atoms with Gasteiger partial charge in [-0.15, -0.1) is 11.8 Å². The van der Waals surface area contributed by atoms with Gasteiger partial charge in [-0.25, -0.2) is 4.79 Å². The van der Waals surface area contributed by atoms with Gasteiger partial charge in [0.2, 0.25) is 17.7 Å². The molecule has 0 radical (unpaired) electrons. The van der Waals surface area contributed by atoms with Crippen molar-refractivity contribution in [2.24, 2.45) is 22.6 Å². The quantitative estimate of drug-likeness (QED) is 0.138. The maximum Gasteiger partial charge on any atom is 0.353 e. The zero-order chi connectivity index (χ0) is 26.1. The fourth-order valence-electron chi connectivity index (χ4n) is 5.82. The second-order valence-electron chi connectivity index (χ2n) is 9.88. The minimum Gasteiger partial charge on any atom is -0.477 e. The van der Waals surface area contributed by atoms with Gasteiger partial charge in [-0.05, 0) is 26.8 Å². The minimum atomic E-state index is -1.13. The third kappa shape index (κ3) is 4.83. The summed E-state index contributed by atoms with van der Waals surface area (Å²) in [5.41, 5.74) is 5.41. The van der Waals surface area contributed by atoms with E-state index in [-0.39, 0.29) is 59.3 Å². The molecule has 6 N–H and O–H groups in total. The Hall–Kier alpha value is -2.64. The van der Waals surface area contributed by atoms with E-state index in [1.807, 2.05) is 11.8 Å². The first kappa shape index (κ1) is 26.4. The monoisotopic (exact) mass is 521 g/mol. The van der Waals surface area contributed by atoms with Gasteiger partial charge >= 0.3 is 5.97 Å². The molecule has 3 fully saturated rings. The zero-order valence-corrected chi connectivity index (χ0v) is 21.6. The van der Waals surface area contributed by atoms with Crippen LogP contribution in [-0.4, -0.2) is 108 Å². The smallest absolute Gasteiger partial charge is 0.353 e. The number of nitrogens with one attached hydrogen (secondary N) is 3. The number of hydrogen-bond donors (Lipinski definition) is 5. The van der Waals surface area contributed by atoms with E-state index < -0.39 is 17.9 Å². The number of aliphatic carboxylic acids is 1. The van der Waals surface area contributed by atoms with E-state index in [4.69, 9.17) is 5.73 Å². The Labute approximate surface area is 214 Å². The largest absolute Gasteiger partial charge is 0.477 e. The maximum atomic E-state index is 13.0. The fourth-order valence-corrected chi connectivity index (χ4v) is 7.30. The van der Waals surface area contributed by atoms with Crippen LogP contribution in [0.1, 0.15) is 26.7 Å². The summed E-state index contributed by atoms with van der Waals surface area (Å²) in [5.74, 6) is -2.26. The van der Waals surface area contributed by atoms with Gasteiger partial charge in [0.1, 0.15) is 5.70 Å². The minimum absolute atomic E-state index is 0.00576. The highest BCUT2D eigenvalue weighted by Gasteiger charge is 2.60. The van der Waals surface area contributed by atoms with Crippen molar-refractivity contribution in [3.63, 3.8) is 0 Å². The molecule has 0 aromatic rings. The summed E-state index contributed by atoms with van der Waals surface area (Å²) in [7, 11) is 1.67. The summed E-state index contributed by atoms with van der Waals surface area (Å²) in [4.78, 5) is 58.3. The normalized spacial score (nSPS) is 32.7. The zero-order valence-electron chi connectivity index (χ0n) is 20.8. The molecule has 0 aromatic heterocycles. The van der Waals surface area contributed by atoms with E-state index in [1.165, 1.54) is 23.0 Å². The van der Waals surface area contributed by atoms with Crippen LogP contribution in [0.3, 0.4) is 0 Å². The fraction of sp³-hybridized carbons (Fsp3) is 0.696.